The van der Waals surface area contributed by atoms with Gasteiger partial charge in [-0.1, -0.05) is 13.8 Å². The van der Waals surface area contributed by atoms with Crippen molar-refractivity contribution in [1.29, 1.82) is 0 Å². The zero-order chi connectivity index (χ0) is 12.1. The Morgan fingerprint density at radius 1 is 1.31 bits per heavy atom. The van der Waals surface area contributed by atoms with Gasteiger partial charge in [-0.15, -0.1) is 0 Å². The molecule has 0 aromatic rings. The second kappa shape index (κ2) is 6.81. The lowest BCUT2D eigenvalue weighted by Gasteiger charge is -2.40. The minimum absolute atomic E-state index is 0.0556. The normalized spacial score (nSPS) is 39.9. The molecule has 1 aliphatic rings. The third-order valence-electron chi connectivity index (χ3n) is 2.93. The van der Waals surface area contributed by atoms with Crippen LogP contribution in [0.5, 0.6) is 0 Å². The molecule has 0 amide bonds. The van der Waals surface area contributed by atoms with Gasteiger partial charge in [0.1, 0.15) is 6.10 Å². The van der Waals surface area contributed by atoms with E-state index in [1.165, 1.54) is 7.11 Å². The van der Waals surface area contributed by atoms with Crippen LogP contribution in [0, 0.1) is 5.92 Å². The molecule has 1 aliphatic heterocycles. The summed E-state index contributed by atoms with van der Waals surface area (Å²) >= 11 is 1.81. The first-order valence-electron chi connectivity index (χ1n) is 5.74. The molecule has 16 heavy (non-hydrogen) atoms. The van der Waals surface area contributed by atoms with Crippen LogP contribution in [0.4, 0.5) is 0 Å². The fourth-order valence-corrected chi connectivity index (χ4v) is 2.87. The van der Waals surface area contributed by atoms with Gasteiger partial charge in [0.15, 0.2) is 6.29 Å². The SMILES string of the molecule is CCCSCC1O[C@@H](OC)C(O)C(O)C1C. The molecule has 0 saturated carbocycles. The van der Waals surface area contributed by atoms with E-state index in [1.807, 2.05) is 6.92 Å². The molecule has 0 aromatic heterocycles. The molecule has 1 heterocycles. The first-order valence-corrected chi connectivity index (χ1v) is 6.89. The van der Waals surface area contributed by atoms with Crippen molar-refractivity contribution in [3.8, 4) is 0 Å². The van der Waals surface area contributed by atoms with E-state index < -0.39 is 18.5 Å². The highest BCUT2D eigenvalue weighted by Crippen LogP contribution is 2.28. The molecule has 1 saturated heterocycles. The van der Waals surface area contributed by atoms with Gasteiger partial charge < -0.3 is 19.7 Å². The maximum Gasteiger partial charge on any atom is 0.186 e. The minimum Gasteiger partial charge on any atom is -0.390 e. The van der Waals surface area contributed by atoms with E-state index in [0.29, 0.717) is 0 Å². The molecule has 2 N–H and O–H groups in total. The predicted molar refractivity (Wildman–Crippen MR) is 64.5 cm³/mol. The van der Waals surface area contributed by atoms with Crippen LogP contribution in [0.1, 0.15) is 20.3 Å². The molecule has 1 rings (SSSR count). The summed E-state index contributed by atoms with van der Waals surface area (Å²) in [5.41, 5.74) is 0. The summed E-state index contributed by atoms with van der Waals surface area (Å²) in [5.74, 6) is 1.85. The molecular weight excluding hydrogens is 228 g/mol. The van der Waals surface area contributed by atoms with Gasteiger partial charge in [-0.2, -0.15) is 11.8 Å². The third kappa shape index (κ3) is 3.34. The second-order valence-corrected chi connectivity index (χ2v) is 5.34. The molecule has 0 aliphatic carbocycles. The van der Waals surface area contributed by atoms with E-state index in [4.69, 9.17) is 9.47 Å². The molecule has 0 spiro atoms. The summed E-state index contributed by atoms with van der Waals surface area (Å²) in [5, 5.41) is 19.5. The lowest BCUT2D eigenvalue weighted by molar-refractivity contribution is -0.270. The van der Waals surface area contributed by atoms with Crippen molar-refractivity contribution < 1.29 is 19.7 Å². The zero-order valence-corrected chi connectivity index (χ0v) is 10.9. The van der Waals surface area contributed by atoms with Crippen LogP contribution in [0.25, 0.3) is 0 Å². The van der Waals surface area contributed by atoms with Crippen LogP contribution < -0.4 is 0 Å². The van der Waals surface area contributed by atoms with E-state index >= 15 is 0 Å². The van der Waals surface area contributed by atoms with E-state index in [1.54, 1.807) is 11.8 Å². The summed E-state index contributed by atoms with van der Waals surface area (Å²) in [6.07, 6.45) is -1.36. The maximum atomic E-state index is 9.86. The number of methoxy groups -OCH3 is 1. The first kappa shape index (κ1) is 14.3. The number of hydrogen-bond donors (Lipinski definition) is 2. The third-order valence-corrected chi connectivity index (χ3v) is 4.19. The van der Waals surface area contributed by atoms with Crippen molar-refractivity contribution in [2.24, 2.45) is 5.92 Å². The fourth-order valence-electron chi connectivity index (χ4n) is 1.80. The van der Waals surface area contributed by atoms with Crippen LogP contribution in [0.2, 0.25) is 0 Å². The van der Waals surface area contributed by atoms with Crippen molar-refractivity contribution >= 4 is 11.8 Å². The second-order valence-electron chi connectivity index (χ2n) is 4.19. The topological polar surface area (TPSA) is 58.9 Å². The number of ether oxygens (including phenoxy) is 2. The summed E-state index contributed by atoms with van der Waals surface area (Å²) in [6.45, 7) is 4.03. The van der Waals surface area contributed by atoms with Crippen molar-refractivity contribution in [2.75, 3.05) is 18.6 Å². The molecular formula is C11H22O4S. The molecule has 0 bridgehead atoms. The van der Waals surface area contributed by atoms with Gasteiger partial charge in [-0.3, -0.25) is 0 Å². The summed E-state index contributed by atoms with van der Waals surface area (Å²) in [4.78, 5) is 0. The summed E-state index contributed by atoms with van der Waals surface area (Å²) in [7, 11) is 1.48. The average molecular weight is 250 g/mol. The molecule has 4 nitrogen and oxygen atoms in total. The number of thioether (sulfide) groups is 1. The molecule has 5 atom stereocenters. The molecule has 5 heteroatoms. The highest BCUT2D eigenvalue weighted by molar-refractivity contribution is 7.99. The van der Waals surface area contributed by atoms with Crippen LogP contribution in [-0.2, 0) is 9.47 Å². The number of rotatable bonds is 5. The lowest BCUT2D eigenvalue weighted by Crippen LogP contribution is -2.54. The van der Waals surface area contributed by atoms with E-state index in [0.717, 1.165) is 17.9 Å². The standard InChI is InChI=1S/C11H22O4S/c1-4-5-16-6-8-7(2)9(12)10(13)11(14-3)15-8/h7-13H,4-6H2,1-3H3/t7?,8?,9?,10?,11-/m1/s1. The van der Waals surface area contributed by atoms with Crippen LogP contribution in [-0.4, -0.2) is 53.4 Å². The van der Waals surface area contributed by atoms with Gasteiger partial charge in [0.2, 0.25) is 0 Å². The smallest absolute Gasteiger partial charge is 0.186 e. The molecule has 1 fully saturated rings. The van der Waals surface area contributed by atoms with Gasteiger partial charge in [0, 0.05) is 18.8 Å². The van der Waals surface area contributed by atoms with Crippen LogP contribution >= 0.6 is 11.8 Å². The fraction of sp³-hybridized carbons (Fsp3) is 1.00. The summed E-state index contributed by atoms with van der Waals surface area (Å²) in [6, 6.07) is 0. The van der Waals surface area contributed by atoms with Crippen LogP contribution in [0.15, 0.2) is 0 Å². The Morgan fingerprint density at radius 3 is 2.56 bits per heavy atom. The highest BCUT2D eigenvalue weighted by atomic mass is 32.2. The Hall–Kier alpha value is 0.190. The summed E-state index contributed by atoms with van der Waals surface area (Å²) < 4.78 is 10.6. The molecule has 0 aromatic carbocycles. The van der Waals surface area contributed by atoms with Crippen LogP contribution in [0.3, 0.4) is 0 Å². The number of hydrogen-bond acceptors (Lipinski definition) is 5. The lowest BCUT2D eigenvalue weighted by atomic mass is 9.91. The van der Waals surface area contributed by atoms with Gasteiger partial charge >= 0.3 is 0 Å². The Morgan fingerprint density at radius 2 is 2.00 bits per heavy atom. The number of aliphatic hydroxyl groups excluding tert-OH is 2. The highest BCUT2D eigenvalue weighted by Gasteiger charge is 2.41. The zero-order valence-electron chi connectivity index (χ0n) is 10.1. The van der Waals surface area contributed by atoms with Gasteiger partial charge in [0.25, 0.3) is 0 Å². The predicted octanol–water partition coefficient (Wildman–Crippen LogP) is 0.859. The molecule has 0 radical (unpaired) electrons. The maximum absolute atomic E-state index is 9.86. The van der Waals surface area contributed by atoms with Crippen molar-refractivity contribution in [2.45, 2.75) is 44.9 Å². The van der Waals surface area contributed by atoms with E-state index in [9.17, 15) is 10.2 Å². The van der Waals surface area contributed by atoms with Crippen molar-refractivity contribution in [1.82, 2.24) is 0 Å². The van der Waals surface area contributed by atoms with E-state index in [2.05, 4.69) is 6.92 Å². The monoisotopic (exact) mass is 250 g/mol. The Balaban J connectivity index is 2.50. The minimum atomic E-state index is -0.951. The van der Waals surface area contributed by atoms with Gasteiger partial charge in [-0.25, -0.2) is 0 Å². The largest absolute Gasteiger partial charge is 0.390 e. The Labute approximate surface area is 101 Å². The first-order chi connectivity index (χ1) is 7.61. The van der Waals surface area contributed by atoms with E-state index in [-0.39, 0.29) is 12.0 Å². The van der Waals surface area contributed by atoms with Crippen molar-refractivity contribution in [3.63, 3.8) is 0 Å². The van der Waals surface area contributed by atoms with Gasteiger partial charge in [0.05, 0.1) is 12.2 Å². The van der Waals surface area contributed by atoms with Gasteiger partial charge in [-0.05, 0) is 12.2 Å². The quantitative estimate of drug-likeness (QED) is 0.709. The Kier molecular flexibility index (Phi) is 6.07. The molecule has 96 valence electrons. The Bertz CT molecular complexity index is 200. The number of aliphatic hydroxyl groups is 2. The molecule has 4 unspecified atom stereocenters. The van der Waals surface area contributed by atoms with Crippen molar-refractivity contribution in [3.05, 3.63) is 0 Å². The average Bonchev–Trinajstić information content (AvgIpc) is 2.29.